The van der Waals surface area contributed by atoms with E-state index in [4.69, 9.17) is 32.2 Å². The summed E-state index contributed by atoms with van der Waals surface area (Å²) < 4.78 is 15.7. The normalized spacial score (nSPS) is 14.2. The van der Waals surface area contributed by atoms with Crippen molar-refractivity contribution in [3.05, 3.63) is 51.9 Å². The highest BCUT2D eigenvalue weighted by Gasteiger charge is 2.36. The van der Waals surface area contributed by atoms with Crippen LogP contribution in [0.3, 0.4) is 0 Å². The molecule has 1 fully saturated rings. The minimum absolute atomic E-state index is 0.0827. The zero-order chi connectivity index (χ0) is 24.0. The van der Waals surface area contributed by atoms with Crippen LogP contribution in [0.15, 0.2) is 41.3 Å². The Balaban J connectivity index is 1.70. The van der Waals surface area contributed by atoms with Crippen molar-refractivity contribution in [1.29, 1.82) is 0 Å². The Labute approximate surface area is 199 Å². The number of methoxy groups -OCH3 is 2. The maximum Gasteiger partial charge on any atom is 0.294 e. The minimum atomic E-state index is -0.570. The number of hydrogen-bond acceptors (Lipinski definition) is 7. The van der Waals surface area contributed by atoms with E-state index >= 15 is 0 Å². The van der Waals surface area contributed by atoms with Gasteiger partial charge in [-0.15, -0.1) is 6.42 Å². The lowest BCUT2D eigenvalue weighted by molar-refractivity contribution is -0.127. The molecule has 1 saturated heterocycles. The lowest BCUT2D eigenvalue weighted by atomic mass is 10.2. The van der Waals surface area contributed by atoms with E-state index in [1.807, 2.05) is 0 Å². The van der Waals surface area contributed by atoms with Crippen molar-refractivity contribution in [3.63, 3.8) is 0 Å². The van der Waals surface area contributed by atoms with Gasteiger partial charge in [0.25, 0.3) is 11.1 Å². The van der Waals surface area contributed by atoms with Crippen LogP contribution < -0.4 is 19.5 Å². The molecule has 170 valence electrons. The predicted molar refractivity (Wildman–Crippen MR) is 127 cm³/mol. The molecule has 1 N–H and O–H groups in total. The summed E-state index contributed by atoms with van der Waals surface area (Å²) in [5.41, 5.74) is 1.02. The van der Waals surface area contributed by atoms with Crippen LogP contribution in [-0.2, 0) is 9.59 Å². The topological polar surface area (TPSA) is 94.2 Å². The van der Waals surface area contributed by atoms with Crippen molar-refractivity contribution < 1.29 is 28.6 Å². The molecule has 0 bridgehead atoms. The molecule has 0 radical (unpaired) electrons. The average Bonchev–Trinajstić information content (AvgIpc) is 3.05. The first kappa shape index (κ1) is 24.0. The molecule has 2 aromatic rings. The number of terminal acetylenes is 1. The second-order valence-electron chi connectivity index (χ2n) is 6.57. The minimum Gasteiger partial charge on any atom is -0.495 e. The molecular weight excluding hydrogens is 468 g/mol. The summed E-state index contributed by atoms with van der Waals surface area (Å²) in [7, 11) is 2.95. The van der Waals surface area contributed by atoms with Crippen LogP contribution in [0.25, 0.3) is 6.08 Å². The molecule has 0 aliphatic carbocycles. The number of amides is 3. The number of imide groups is 1. The van der Waals surface area contributed by atoms with Crippen molar-refractivity contribution in [3.8, 4) is 29.6 Å². The van der Waals surface area contributed by atoms with Gasteiger partial charge in [0.1, 0.15) is 18.9 Å². The van der Waals surface area contributed by atoms with Crippen LogP contribution in [-0.4, -0.2) is 49.3 Å². The lowest BCUT2D eigenvalue weighted by Gasteiger charge is -2.13. The van der Waals surface area contributed by atoms with Crippen molar-refractivity contribution in [2.45, 2.75) is 0 Å². The number of carbonyl (C=O) groups excluding carboxylic acids is 3. The summed E-state index contributed by atoms with van der Waals surface area (Å²) in [6, 6.07) is 9.71. The predicted octanol–water partition coefficient (Wildman–Crippen LogP) is 4.04. The number of nitrogens with one attached hydrogen (secondary N) is 1. The number of thioether (sulfide) groups is 1. The van der Waals surface area contributed by atoms with Crippen molar-refractivity contribution in [1.82, 2.24) is 4.90 Å². The van der Waals surface area contributed by atoms with Gasteiger partial charge in [-0.25, -0.2) is 0 Å². The fourth-order valence-electron chi connectivity index (χ4n) is 2.89. The van der Waals surface area contributed by atoms with Crippen LogP contribution >= 0.6 is 23.4 Å². The average molecular weight is 487 g/mol. The molecule has 0 aromatic heterocycles. The fourth-order valence-corrected chi connectivity index (χ4v) is 3.98. The van der Waals surface area contributed by atoms with Crippen LogP contribution in [0.2, 0.25) is 5.02 Å². The monoisotopic (exact) mass is 486 g/mol. The second-order valence-corrected chi connectivity index (χ2v) is 7.97. The number of rotatable bonds is 8. The lowest BCUT2D eigenvalue weighted by Crippen LogP contribution is -2.36. The molecule has 1 heterocycles. The van der Waals surface area contributed by atoms with E-state index in [9.17, 15) is 14.4 Å². The van der Waals surface area contributed by atoms with Crippen molar-refractivity contribution in [2.24, 2.45) is 0 Å². The number of hydrogen-bond donors (Lipinski definition) is 1. The van der Waals surface area contributed by atoms with Gasteiger partial charge in [0.05, 0.1) is 24.1 Å². The van der Waals surface area contributed by atoms with E-state index in [0.29, 0.717) is 33.5 Å². The molecular formula is C23H19ClN2O6S. The van der Waals surface area contributed by atoms with Gasteiger partial charge in [0, 0.05) is 5.69 Å². The van der Waals surface area contributed by atoms with Gasteiger partial charge in [-0.1, -0.05) is 23.6 Å². The molecule has 10 heteroatoms. The van der Waals surface area contributed by atoms with E-state index in [1.54, 1.807) is 36.4 Å². The Kier molecular flexibility index (Phi) is 7.87. The van der Waals surface area contributed by atoms with Gasteiger partial charge in [0.2, 0.25) is 5.91 Å². The van der Waals surface area contributed by atoms with Gasteiger partial charge in [0.15, 0.2) is 11.5 Å². The number of carbonyl (C=O) groups is 3. The quantitative estimate of drug-likeness (QED) is 0.444. The number of nitrogens with zero attached hydrogens (tertiary/aromatic N) is 1. The highest BCUT2D eigenvalue weighted by molar-refractivity contribution is 8.18. The fraction of sp³-hybridized carbons (Fsp3) is 0.174. The summed E-state index contributed by atoms with van der Waals surface area (Å²) in [5, 5.41) is 2.38. The molecule has 1 aliphatic heterocycles. The maximum atomic E-state index is 12.7. The SMILES string of the molecule is C#CCOc1ccc(/C=C2\SC(=O)N(CC(=O)Nc3ccc(OC)c(Cl)c3)C2=O)cc1OC. The first-order chi connectivity index (χ1) is 15.9. The van der Waals surface area contributed by atoms with Crippen LogP contribution in [0, 0.1) is 12.3 Å². The summed E-state index contributed by atoms with van der Waals surface area (Å²) in [6.45, 7) is -0.354. The highest BCUT2D eigenvalue weighted by atomic mass is 35.5. The summed E-state index contributed by atoms with van der Waals surface area (Å²) >= 11 is 6.80. The first-order valence-corrected chi connectivity index (χ1v) is 10.7. The number of halogens is 1. The van der Waals surface area contributed by atoms with Crippen LogP contribution in [0.5, 0.6) is 17.2 Å². The molecule has 8 nitrogen and oxygen atoms in total. The summed E-state index contributed by atoms with van der Waals surface area (Å²) in [4.78, 5) is 38.5. The Morgan fingerprint density at radius 3 is 2.55 bits per heavy atom. The second kappa shape index (κ2) is 10.8. The zero-order valence-electron chi connectivity index (χ0n) is 17.7. The van der Waals surface area contributed by atoms with Crippen molar-refractivity contribution >= 4 is 52.2 Å². The third kappa shape index (κ3) is 5.80. The van der Waals surface area contributed by atoms with E-state index in [0.717, 1.165) is 16.7 Å². The summed E-state index contributed by atoms with van der Waals surface area (Å²) in [6.07, 6.45) is 6.74. The number of ether oxygens (including phenoxy) is 3. The zero-order valence-corrected chi connectivity index (χ0v) is 19.3. The molecule has 0 unspecified atom stereocenters. The molecule has 1 aliphatic rings. The van der Waals surface area contributed by atoms with Crippen LogP contribution in [0.4, 0.5) is 10.5 Å². The first-order valence-electron chi connectivity index (χ1n) is 9.49. The van der Waals surface area contributed by atoms with E-state index in [2.05, 4.69) is 11.2 Å². The molecule has 33 heavy (non-hydrogen) atoms. The molecule has 0 spiro atoms. The standard InChI is InChI=1S/C23H19ClN2O6S/c1-4-9-32-18-7-5-14(10-19(18)31-3)11-20-22(28)26(23(29)33-20)13-21(27)25-15-6-8-17(30-2)16(24)12-15/h1,5-8,10-12H,9,13H2,2-3H3,(H,25,27)/b20-11-. The Bertz CT molecular complexity index is 1170. The van der Waals surface area contributed by atoms with Gasteiger partial charge < -0.3 is 19.5 Å². The molecule has 3 rings (SSSR count). The largest absolute Gasteiger partial charge is 0.495 e. The smallest absolute Gasteiger partial charge is 0.294 e. The third-order valence-electron chi connectivity index (χ3n) is 4.41. The Morgan fingerprint density at radius 2 is 1.88 bits per heavy atom. The number of anilines is 1. The molecule has 2 aromatic carbocycles. The molecule has 0 saturated carbocycles. The number of benzene rings is 2. The maximum absolute atomic E-state index is 12.7. The van der Waals surface area contributed by atoms with E-state index in [1.165, 1.54) is 20.3 Å². The molecule has 3 amide bonds. The third-order valence-corrected chi connectivity index (χ3v) is 5.61. The van der Waals surface area contributed by atoms with Gasteiger partial charge in [-0.2, -0.15) is 0 Å². The van der Waals surface area contributed by atoms with Gasteiger partial charge in [-0.3, -0.25) is 19.3 Å². The van der Waals surface area contributed by atoms with Crippen molar-refractivity contribution in [2.75, 3.05) is 32.7 Å². The molecule has 0 atom stereocenters. The van der Waals surface area contributed by atoms with Gasteiger partial charge in [-0.05, 0) is 53.7 Å². The van der Waals surface area contributed by atoms with E-state index in [-0.39, 0.29) is 11.5 Å². The highest BCUT2D eigenvalue weighted by Crippen LogP contribution is 2.34. The Morgan fingerprint density at radius 1 is 1.15 bits per heavy atom. The summed E-state index contributed by atoms with van der Waals surface area (Å²) in [5.74, 6) is 2.59. The van der Waals surface area contributed by atoms with Gasteiger partial charge >= 0.3 is 0 Å². The van der Waals surface area contributed by atoms with E-state index < -0.39 is 23.6 Å². The Hall–Kier alpha value is -3.61. The van der Waals surface area contributed by atoms with Crippen LogP contribution in [0.1, 0.15) is 5.56 Å².